The molecule has 3 nitrogen and oxygen atoms in total. The van der Waals surface area contributed by atoms with Gasteiger partial charge in [-0.1, -0.05) is 31.2 Å². The Balaban J connectivity index is 2.58. The summed E-state index contributed by atoms with van der Waals surface area (Å²) in [5.74, 6) is 0. The molecule has 0 amide bonds. The van der Waals surface area contributed by atoms with E-state index in [0.717, 1.165) is 12.0 Å². The van der Waals surface area contributed by atoms with Crippen molar-refractivity contribution in [1.29, 1.82) is 0 Å². The number of nitrogens with zero attached hydrogens (tertiary/aromatic N) is 1. The number of hydrogen-bond acceptors (Lipinski definition) is 3. The Morgan fingerprint density at radius 3 is 2.33 bits per heavy atom. The Kier molecular flexibility index (Phi) is 3.26. The van der Waals surface area contributed by atoms with Crippen molar-refractivity contribution in [2.75, 3.05) is 0 Å². The van der Waals surface area contributed by atoms with Crippen LogP contribution in [0.1, 0.15) is 18.1 Å². The van der Waals surface area contributed by atoms with Gasteiger partial charge in [-0.15, -0.1) is 4.91 Å². The molecule has 0 radical (unpaired) electrons. The first-order valence-corrected chi connectivity index (χ1v) is 3.89. The van der Waals surface area contributed by atoms with E-state index >= 15 is 0 Å². The average molecular weight is 165 g/mol. The van der Waals surface area contributed by atoms with Crippen LogP contribution in [0.2, 0.25) is 0 Å². The summed E-state index contributed by atoms with van der Waals surface area (Å²) in [6, 6.07) is 7.90. The Bertz CT molecular complexity index is 243. The molecule has 0 saturated carbocycles. The molecule has 0 aliphatic rings. The van der Waals surface area contributed by atoms with Gasteiger partial charge in [-0.2, -0.15) is 0 Å². The normalized spacial score (nSPS) is 9.42. The highest BCUT2D eigenvalue weighted by Gasteiger charge is 1.93. The van der Waals surface area contributed by atoms with Gasteiger partial charge in [0, 0.05) is 0 Å². The second-order valence-electron chi connectivity index (χ2n) is 2.52. The third-order valence-electron chi connectivity index (χ3n) is 1.72. The van der Waals surface area contributed by atoms with Gasteiger partial charge in [-0.3, -0.25) is 0 Å². The maximum absolute atomic E-state index is 9.63. The highest BCUT2D eigenvalue weighted by atomic mass is 16.7. The summed E-state index contributed by atoms with van der Waals surface area (Å²) in [6.45, 7) is 2.35. The molecule has 0 saturated heterocycles. The maximum Gasteiger partial charge on any atom is 0.155 e. The van der Waals surface area contributed by atoms with Crippen LogP contribution < -0.4 is 0 Å². The van der Waals surface area contributed by atoms with Gasteiger partial charge in [0.05, 0.1) is 0 Å². The van der Waals surface area contributed by atoms with E-state index in [9.17, 15) is 4.91 Å². The lowest BCUT2D eigenvalue weighted by Crippen LogP contribution is -1.86. The van der Waals surface area contributed by atoms with Crippen molar-refractivity contribution in [2.24, 2.45) is 5.34 Å². The molecule has 1 aromatic carbocycles. The number of hydrogen-bond donors (Lipinski definition) is 0. The first kappa shape index (κ1) is 8.71. The van der Waals surface area contributed by atoms with Crippen LogP contribution in [0.4, 0.5) is 0 Å². The van der Waals surface area contributed by atoms with Gasteiger partial charge in [0.25, 0.3) is 0 Å². The first-order valence-electron chi connectivity index (χ1n) is 3.89. The fraction of sp³-hybridized carbons (Fsp3) is 0.333. The van der Waals surface area contributed by atoms with Gasteiger partial charge in [0.1, 0.15) is 6.61 Å². The zero-order chi connectivity index (χ0) is 8.81. The van der Waals surface area contributed by atoms with Gasteiger partial charge in [0.2, 0.25) is 0 Å². The molecule has 0 N–H and O–H groups in total. The third kappa shape index (κ3) is 2.34. The standard InChI is InChI=1S/C9H11NO2/c1-2-8-3-5-9(6-4-8)7-12-10-11/h3-6H,2,7H2,1H3. The smallest absolute Gasteiger partial charge is 0.155 e. The van der Waals surface area contributed by atoms with E-state index < -0.39 is 0 Å². The molecule has 1 rings (SSSR count). The fourth-order valence-electron chi connectivity index (χ4n) is 0.972. The van der Waals surface area contributed by atoms with Crippen molar-refractivity contribution in [3.8, 4) is 0 Å². The van der Waals surface area contributed by atoms with Crippen molar-refractivity contribution in [3.63, 3.8) is 0 Å². The summed E-state index contributed by atoms with van der Waals surface area (Å²) < 4.78 is 0. The molecule has 64 valence electrons. The molecule has 0 heterocycles. The lowest BCUT2D eigenvalue weighted by atomic mass is 10.1. The molecule has 12 heavy (non-hydrogen) atoms. The van der Waals surface area contributed by atoms with E-state index in [4.69, 9.17) is 0 Å². The molecule has 0 atom stereocenters. The second-order valence-corrected chi connectivity index (χ2v) is 2.52. The van der Waals surface area contributed by atoms with Gasteiger partial charge in [-0.25, -0.2) is 0 Å². The monoisotopic (exact) mass is 165 g/mol. The highest BCUT2D eigenvalue weighted by Crippen LogP contribution is 2.05. The Hall–Kier alpha value is -1.38. The number of benzene rings is 1. The van der Waals surface area contributed by atoms with E-state index in [0.29, 0.717) is 0 Å². The van der Waals surface area contributed by atoms with Gasteiger partial charge < -0.3 is 4.84 Å². The van der Waals surface area contributed by atoms with Crippen LogP contribution in [0.25, 0.3) is 0 Å². The van der Waals surface area contributed by atoms with Crippen molar-refractivity contribution in [3.05, 3.63) is 40.3 Å². The summed E-state index contributed by atoms with van der Waals surface area (Å²) >= 11 is 0. The molecule has 0 unspecified atom stereocenters. The van der Waals surface area contributed by atoms with Crippen molar-refractivity contribution < 1.29 is 4.84 Å². The van der Waals surface area contributed by atoms with Crippen LogP contribution in [0.3, 0.4) is 0 Å². The zero-order valence-corrected chi connectivity index (χ0v) is 6.99. The summed E-state index contributed by atoms with van der Waals surface area (Å²) in [5, 5.41) is 2.32. The van der Waals surface area contributed by atoms with Crippen LogP contribution in [0.15, 0.2) is 29.6 Å². The minimum atomic E-state index is 0.257. The van der Waals surface area contributed by atoms with Crippen LogP contribution in [-0.4, -0.2) is 0 Å². The molecule has 3 heteroatoms. The molecule has 1 aromatic rings. The molecular weight excluding hydrogens is 154 g/mol. The molecular formula is C9H11NO2. The minimum Gasteiger partial charge on any atom is -0.359 e. The zero-order valence-electron chi connectivity index (χ0n) is 6.99. The fourth-order valence-corrected chi connectivity index (χ4v) is 0.972. The molecule has 0 fully saturated rings. The maximum atomic E-state index is 9.63. The van der Waals surface area contributed by atoms with Gasteiger partial charge >= 0.3 is 0 Å². The summed E-state index contributed by atoms with van der Waals surface area (Å²) in [5.41, 5.74) is 2.24. The van der Waals surface area contributed by atoms with Crippen LogP contribution in [0, 0.1) is 4.91 Å². The average Bonchev–Trinajstić information content (AvgIpc) is 2.15. The lowest BCUT2D eigenvalue weighted by molar-refractivity contribution is 0.126. The number of aryl methyl sites for hydroxylation is 1. The second kappa shape index (κ2) is 4.49. The number of rotatable bonds is 4. The predicted molar refractivity (Wildman–Crippen MR) is 46.4 cm³/mol. The van der Waals surface area contributed by atoms with E-state index in [2.05, 4.69) is 17.1 Å². The third-order valence-corrected chi connectivity index (χ3v) is 1.72. The van der Waals surface area contributed by atoms with Crippen molar-refractivity contribution in [1.82, 2.24) is 0 Å². The first-order chi connectivity index (χ1) is 5.86. The Morgan fingerprint density at radius 1 is 1.25 bits per heavy atom. The van der Waals surface area contributed by atoms with Gasteiger partial charge in [-0.05, 0) is 17.5 Å². The van der Waals surface area contributed by atoms with Crippen molar-refractivity contribution in [2.45, 2.75) is 20.0 Å². The summed E-state index contributed by atoms with van der Waals surface area (Å²) in [7, 11) is 0. The van der Waals surface area contributed by atoms with Crippen LogP contribution >= 0.6 is 0 Å². The van der Waals surface area contributed by atoms with Crippen LogP contribution in [-0.2, 0) is 17.9 Å². The topological polar surface area (TPSA) is 38.7 Å². The summed E-state index contributed by atoms with van der Waals surface area (Å²) in [4.78, 5) is 14.0. The quantitative estimate of drug-likeness (QED) is 0.507. The Morgan fingerprint density at radius 2 is 1.83 bits per heavy atom. The molecule has 0 spiro atoms. The minimum absolute atomic E-state index is 0.257. The predicted octanol–water partition coefficient (Wildman–Crippen LogP) is 2.45. The van der Waals surface area contributed by atoms with Crippen molar-refractivity contribution >= 4 is 0 Å². The SMILES string of the molecule is CCc1ccc(CON=O)cc1. The molecule has 0 aliphatic carbocycles. The summed E-state index contributed by atoms with van der Waals surface area (Å²) in [6.07, 6.45) is 1.02. The van der Waals surface area contributed by atoms with E-state index in [1.807, 2.05) is 24.3 Å². The molecule has 0 aliphatic heterocycles. The van der Waals surface area contributed by atoms with Gasteiger partial charge in [0.15, 0.2) is 5.34 Å². The van der Waals surface area contributed by atoms with E-state index in [1.54, 1.807) is 0 Å². The largest absolute Gasteiger partial charge is 0.359 e. The molecule has 0 aromatic heterocycles. The molecule has 0 bridgehead atoms. The Labute approximate surface area is 71.3 Å². The van der Waals surface area contributed by atoms with Crippen LogP contribution in [0.5, 0.6) is 0 Å². The lowest BCUT2D eigenvalue weighted by Gasteiger charge is -1.99. The highest BCUT2D eigenvalue weighted by molar-refractivity contribution is 5.21. The van der Waals surface area contributed by atoms with E-state index in [1.165, 1.54) is 5.56 Å². The van der Waals surface area contributed by atoms with E-state index in [-0.39, 0.29) is 6.61 Å².